The number of aromatic nitrogens is 1. The van der Waals surface area contributed by atoms with Gasteiger partial charge in [0.15, 0.2) is 0 Å². The number of benzene rings is 1. The summed E-state index contributed by atoms with van der Waals surface area (Å²) in [6, 6.07) is 6.17. The summed E-state index contributed by atoms with van der Waals surface area (Å²) in [6.07, 6.45) is 3.85. The maximum Gasteiger partial charge on any atom is 0.0719 e. The van der Waals surface area contributed by atoms with Crippen molar-refractivity contribution in [1.29, 1.82) is 0 Å². The van der Waals surface area contributed by atoms with Crippen LogP contribution in [0.2, 0.25) is 5.02 Å². The molecular weight excluding hydrogens is 206 g/mol. The quantitative estimate of drug-likeness (QED) is 0.744. The molecule has 1 aromatic carbocycles. The third-order valence-electron chi connectivity index (χ3n) is 2.77. The van der Waals surface area contributed by atoms with E-state index in [1.54, 1.807) is 6.20 Å². The molecule has 0 N–H and O–H groups in total. The highest BCUT2D eigenvalue weighted by Crippen LogP contribution is 2.25. The highest BCUT2D eigenvalue weighted by atomic mass is 35.5. The molecule has 0 atom stereocenters. The molecule has 0 saturated heterocycles. The molecule has 0 aliphatic heterocycles. The van der Waals surface area contributed by atoms with E-state index in [0.29, 0.717) is 0 Å². The number of nitrogens with zero attached hydrogens (tertiary/aromatic N) is 1. The lowest BCUT2D eigenvalue weighted by Gasteiger charge is -2.08. The van der Waals surface area contributed by atoms with Crippen molar-refractivity contribution < 1.29 is 0 Å². The van der Waals surface area contributed by atoms with E-state index in [4.69, 9.17) is 11.6 Å². The van der Waals surface area contributed by atoms with Crippen molar-refractivity contribution in [3.8, 4) is 0 Å². The smallest absolute Gasteiger partial charge is 0.0719 e. The van der Waals surface area contributed by atoms with Crippen LogP contribution in [0.25, 0.3) is 10.9 Å². The lowest BCUT2D eigenvalue weighted by molar-refractivity contribution is 1.04. The normalized spacial score (nSPS) is 10.9. The van der Waals surface area contributed by atoms with E-state index in [1.807, 2.05) is 6.07 Å². The lowest BCUT2D eigenvalue weighted by atomic mass is 10.00. The minimum Gasteiger partial charge on any atom is -0.256 e. The van der Waals surface area contributed by atoms with Gasteiger partial charge in [0, 0.05) is 11.6 Å². The highest BCUT2D eigenvalue weighted by Gasteiger charge is 2.05. The number of pyridine rings is 1. The Morgan fingerprint density at radius 2 is 1.80 bits per heavy atom. The van der Waals surface area contributed by atoms with Crippen molar-refractivity contribution in [1.82, 2.24) is 4.98 Å². The Morgan fingerprint density at radius 1 is 1.13 bits per heavy atom. The van der Waals surface area contributed by atoms with Crippen LogP contribution >= 0.6 is 11.6 Å². The first-order chi connectivity index (χ1) is 7.26. The molecule has 0 saturated carbocycles. The fourth-order valence-electron chi connectivity index (χ4n) is 1.91. The number of rotatable bonds is 2. The van der Waals surface area contributed by atoms with Crippen LogP contribution in [0.1, 0.15) is 25.0 Å². The van der Waals surface area contributed by atoms with E-state index in [2.05, 4.69) is 31.0 Å². The molecule has 1 aromatic heterocycles. The number of aryl methyl sites for hydroxylation is 2. The van der Waals surface area contributed by atoms with E-state index >= 15 is 0 Å². The molecule has 0 aliphatic carbocycles. The summed E-state index contributed by atoms with van der Waals surface area (Å²) in [5, 5.41) is 1.85. The average molecular weight is 220 g/mol. The summed E-state index contributed by atoms with van der Waals surface area (Å²) in [6.45, 7) is 4.34. The van der Waals surface area contributed by atoms with Crippen molar-refractivity contribution in [3.05, 3.63) is 40.5 Å². The van der Waals surface area contributed by atoms with Gasteiger partial charge in [-0.2, -0.15) is 0 Å². The Labute approximate surface area is 95.1 Å². The second-order valence-electron chi connectivity index (χ2n) is 3.64. The van der Waals surface area contributed by atoms with Gasteiger partial charge in [-0.15, -0.1) is 0 Å². The molecule has 0 aliphatic rings. The number of halogens is 1. The molecule has 0 spiro atoms. The number of fused-ring (bicyclic) bond motifs is 1. The highest BCUT2D eigenvalue weighted by molar-refractivity contribution is 6.35. The van der Waals surface area contributed by atoms with Gasteiger partial charge in [0.05, 0.1) is 10.5 Å². The molecule has 2 aromatic rings. The van der Waals surface area contributed by atoms with Gasteiger partial charge in [-0.25, -0.2) is 0 Å². The van der Waals surface area contributed by atoms with Gasteiger partial charge in [0.25, 0.3) is 0 Å². The third kappa shape index (κ3) is 1.84. The Hall–Kier alpha value is -1.08. The molecule has 0 amide bonds. The summed E-state index contributed by atoms with van der Waals surface area (Å²) >= 11 is 6.14. The van der Waals surface area contributed by atoms with E-state index in [-0.39, 0.29) is 0 Å². The standard InChI is InChI=1S/C13H14ClN/c1-3-9-7-11-12(14)5-6-15-13(11)8-10(9)4-2/h5-8H,3-4H2,1-2H3. The van der Waals surface area contributed by atoms with Crippen LogP contribution in [-0.2, 0) is 12.8 Å². The van der Waals surface area contributed by atoms with Crippen molar-refractivity contribution in [2.75, 3.05) is 0 Å². The van der Waals surface area contributed by atoms with E-state index < -0.39 is 0 Å². The van der Waals surface area contributed by atoms with Crippen LogP contribution in [0.4, 0.5) is 0 Å². The van der Waals surface area contributed by atoms with Gasteiger partial charge >= 0.3 is 0 Å². The fourth-order valence-corrected chi connectivity index (χ4v) is 2.11. The molecule has 1 nitrogen and oxygen atoms in total. The average Bonchev–Trinajstić information content (AvgIpc) is 2.28. The second-order valence-corrected chi connectivity index (χ2v) is 4.05. The molecule has 1 heterocycles. The Morgan fingerprint density at radius 3 is 2.47 bits per heavy atom. The van der Waals surface area contributed by atoms with Crippen LogP contribution in [0, 0.1) is 0 Å². The summed E-state index contributed by atoms with van der Waals surface area (Å²) in [7, 11) is 0. The Bertz CT molecular complexity index is 491. The maximum absolute atomic E-state index is 6.14. The van der Waals surface area contributed by atoms with Crippen molar-refractivity contribution in [2.45, 2.75) is 26.7 Å². The first kappa shape index (κ1) is 10.4. The van der Waals surface area contributed by atoms with Crippen LogP contribution in [0.3, 0.4) is 0 Å². The maximum atomic E-state index is 6.14. The van der Waals surface area contributed by atoms with Crippen LogP contribution < -0.4 is 0 Å². The first-order valence-corrected chi connectivity index (χ1v) is 5.70. The van der Waals surface area contributed by atoms with Crippen LogP contribution in [0.15, 0.2) is 24.4 Å². The molecule has 0 radical (unpaired) electrons. The van der Waals surface area contributed by atoms with Crippen molar-refractivity contribution >= 4 is 22.5 Å². The SMILES string of the molecule is CCc1cc2nccc(Cl)c2cc1CC. The topological polar surface area (TPSA) is 12.9 Å². The molecule has 0 fully saturated rings. The van der Waals surface area contributed by atoms with Crippen LogP contribution in [0.5, 0.6) is 0 Å². The van der Waals surface area contributed by atoms with E-state index in [1.165, 1.54) is 11.1 Å². The summed E-state index contributed by atoms with van der Waals surface area (Å²) in [5.41, 5.74) is 3.75. The second kappa shape index (κ2) is 4.19. The predicted octanol–water partition coefficient (Wildman–Crippen LogP) is 4.01. The Kier molecular flexibility index (Phi) is 2.92. The van der Waals surface area contributed by atoms with Crippen molar-refractivity contribution in [3.63, 3.8) is 0 Å². The van der Waals surface area contributed by atoms with Gasteiger partial charge in [0.2, 0.25) is 0 Å². The third-order valence-corrected chi connectivity index (χ3v) is 3.10. The largest absolute Gasteiger partial charge is 0.256 e. The number of hydrogen-bond acceptors (Lipinski definition) is 1. The minimum atomic E-state index is 0.789. The molecule has 2 rings (SSSR count). The lowest BCUT2D eigenvalue weighted by Crippen LogP contribution is -1.92. The molecule has 78 valence electrons. The summed E-state index contributed by atoms with van der Waals surface area (Å²) in [5.74, 6) is 0. The summed E-state index contributed by atoms with van der Waals surface area (Å²) < 4.78 is 0. The van der Waals surface area contributed by atoms with Gasteiger partial charge in [0.1, 0.15) is 0 Å². The zero-order valence-corrected chi connectivity index (χ0v) is 9.80. The fraction of sp³-hybridized carbons (Fsp3) is 0.308. The monoisotopic (exact) mass is 219 g/mol. The number of hydrogen-bond donors (Lipinski definition) is 0. The zero-order valence-electron chi connectivity index (χ0n) is 9.05. The molecule has 15 heavy (non-hydrogen) atoms. The van der Waals surface area contributed by atoms with Crippen molar-refractivity contribution in [2.24, 2.45) is 0 Å². The first-order valence-electron chi connectivity index (χ1n) is 5.32. The Balaban J connectivity index is 2.75. The van der Waals surface area contributed by atoms with E-state index in [0.717, 1.165) is 28.8 Å². The van der Waals surface area contributed by atoms with E-state index in [9.17, 15) is 0 Å². The minimum absolute atomic E-state index is 0.789. The molecular formula is C13H14ClN. The summed E-state index contributed by atoms with van der Waals surface area (Å²) in [4.78, 5) is 4.34. The molecule has 0 unspecified atom stereocenters. The van der Waals surface area contributed by atoms with Gasteiger partial charge in [-0.1, -0.05) is 25.4 Å². The van der Waals surface area contributed by atoms with Gasteiger partial charge < -0.3 is 0 Å². The van der Waals surface area contributed by atoms with Gasteiger partial charge in [-0.05, 0) is 42.2 Å². The van der Waals surface area contributed by atoms with Gasteiger partial charge in [-0.3, -0.25) is 4.98 Å². The predicted molar refractivity (Wildman–Crippen MR) is 65.5 cm³/mol. The van der Waals surface area contributed by atoms with Crippen LogP contribution in [-0.4, -0.2) is 4.98 Å². The molecule has 2 heteroatoms. The zero-order chi connectivity index (χ0) is 10.8. The molecule has 0 bridgehead atoms.